The number of aliphatic carboxylic acids is 1. The van der Waals surface area contributed by atoms with Crippen molar-refractivity contribution >= 4 is 81.1 Å². The summed E-state index contributed by atoms with van der Waals surface area (Å²) in [6.07, 6.45) is 7.61. The van der Waals surface area contributed by atoms with E-state index >= 15 is 0 Å². The first-order chi connectivity index (χ1) is 17.7. The topological polar surface area (TPSA) is 173 Å². The Morgan fingerprint density at radius 1 is 1.41 bits per heavy atom. The fourth-order valence-electron chi connectivity index (χ4n) is 3.97. The molecule has 0 radical (unpaired) electrons. The fraction of sp³-hybridized carbons (Fsp3) is 0.455. The van der Waals surface area contributed by atoms with Gasteiger partial charge in [-0.25, -0.2) is 24.5 Å². The molecule has 0 aliphatic carbocycles. The number of carboxylic acids is 1. The van der Waals surface area contributed by atoms with Gasteiger partial charge in [0.05, 0.1) is 18.9 Å². The number of fused-ring (bicyclic) bond motifs is 1. The summed E-state index contributed by atoms with van der Waals surface area (Å²) >= 11 is 3.03. The van der Waals surface area contributed by atoms with Crippen molar-refractivity contribution in [1.29, 1.82) is 0 Å². The van der Waals surface area contributed by atoms with Gasteiger partial charge in [-0.2, -0.15) is 0 Å². The molecule has 2 aromatic heterocycles. The number of halogens is 2. The van der Waals surface area contributed by atoms with Gasteiger partial charge in [0.2, 0.25) is 0 Å². The lowest BCUT2D eigenvalue weighted by Gasteiger charge is -2.28. The predicted octanol–water partition coefficient (Wildman–Crippen LogP) is 2.72. The number of nitrogen functional groups attached to an aromatic ring is 1. The van der Waals surface area contributed by atoms with Crippen molar-refractivity contribution in [2.75, 3.05) is 12.3 Å². The Balaban J connectivity index is 1.96. The quantitative estimate of drug-likeness (QED) is 0.159. The van der Waals surface area contributed by atoms with Crippen LogP contribution in [0.15, 0.2) is 23.1 Å². The first kappa shape index (κ1) is 29.2. The van der Waals surface area contributed by atoms with Crippen LogP contribution >= 0.6 is 46.0 Å². The second-order valence-corrected chi connectivity index (χ2v) is 8.89. The molecule has 198 valence electrons. The molecule has 0 saturated carbocycles. The second kappa shape index (κ2) is 12.4. The minimum Gasteiger partial charge on any atom is -0.479 e. The van der Waals surface area contributed by atoms with E-state index in [9.17, 15) is 14.7 Å². The number of ether oxygens (including phenoxy) is 2. The highest BCUT2D eigenvalue weighted by atomic mass is 127. The van der Waals surface area contributed by atoms with E-state index in [-0.39, 0.29) is 18.8 Å². The average molecular weight is 738 g/mol. The molecule has 1 fully saturated rings. The Morgan fingerprint density at radius 2 is 2.14 bits per heavy atom. The summed E-state index contributed by atoms with van der Waals surface area (Å²) in [4.78, 5) is 42.0. The number of nitrogens with two attached hydrogens (primary N) is 1. The van der Waals surface area contributed by atoms with E-state index in [4.69, 9.17) is 27.8 Å². The first-order valence-electron chi connectivity index (χ1n) is 10.9. The van der Waals surface area contributed by atoms with E-state index in [0.29, 0.717) is 22.7 Å². The van der Waals surface area contributed by atoms with Gasteiger partial charge in [0, 0.05) is 18.3 Å². The first-order valence-corrected chi connectivity index (χ1v) is 12.6. The van der Waals surface area contributed by atoms with Crippen LogP contribution in [0.1, 0.15) is 32.3 Å². The van der Waals surface area contributed by atoms with E-state index in [1.165, 1.54) is 35.5 Å². The SMILES string of the molecule is C#CC1C(COC(CC(=C/C)/N=C\C)(C(=O)O)C(=O)OI)OC(n2cnc3c(N)nc(C)nc32)[C@@H]1OI. The van der Waals surface area contributed by atoms with Crippen LogP contribution in [0.25, 0.3) is 11.2 Å². The minimum absolute atomic E-state index is 0.206. The molecular formula is C22H24I2N6O7. The van der Waals surface area contributed by atoms with Crippen LogP contribution in [0.3, 0.4) is 0 Å². The molecule has 3 rings (SSSR count). The lowest BCUT2D eigenvalue weighted by molar-refractivity contribution is -0.185. The van der Waals surface area contributed by atoms with Crippen molar-refractivity contribution in [3.63, 3.8) is 0 Å². The molecule has 0 amide bonds. The maximum absolute atomic E-state index is 12.7. The summed E-state index contributed by atoms with van der Waals surface area (Å²) in [5, 5.41) is 10.1. The summed E-state index contributed by atoms with van der Waals surface area (Å²) in [6, 6.07) is 0. The van der Waals surface area contributed by atoms with Crippen LogP contribution in [0.2, 0.25) is 0 Å². The van der Waals surface area contributed by atoms with E-state index in [0.717, 1.165) is 0 Å². The zero-order valence-electron chi connectivity index (χ0n) is 20.0. The van der Waals surface area contributed by atoms with Gasteiger partial charge in [0.25, 0.3) is 5.60 Å². The zero-order chi connectivity index (χ0) is 27.3. The molecule has 0 spiro atoms. The molecule has 0 bridgehead atoms. The molecule has 3 N–H and O–H groups in total. The fourth-order valence-corrected chi connectivity index (χ4v) is 4.90. The van der Waals surface area contributed by atoms with Crippen molar-refractivity contribution in [3.05, 3.63) is 23.9 Å². The molecule has 1 aliphatic rings. The van der Waals surface area contributed by atoms with Gasteiger partial charge in [0.15, 0.2) is 40.7 Å². The number of hydrogen-bond acceptors (Lipinski definition) is 11. The number of anilines is 1. The van der Waals surface area contributed by atoms with Crippen molar-refractivity contribution in [2.45, 2.75) is 51.2 Å². The van der Waals surface area contributed by atoms with Gasteiger partial charge < -0.3 is 26.4 Å². The highest BCUT2D eigenvalue weighted by Crippen LogP contribution is 2.39. The number of terminal acetylenes is 1. The maximum atomic E-state index is 12.7. The Bertz CT molecular complexity index is 1280. The number of imidazole rings is 1. The lowest BCUT2D eigenvalue weighted by Crippen LogP contribution is -2.51. The van der Waals surface area contributed by atoms with Crippen LogP contribution in [-0.2, 0) is 25.2 Å². The van der Waals surface area contributed by atoms with Crippen molar-refractivity contribution < 1.29 is 30.3 Å². The predicted molar refractivity (Wildman–Crippen MR) is 149 cm³/mol. The standard InChI is InChI=1S/C22H24I2N6O7/c1-5-12(26-7-3)8-22(20(31)32,21(33)37-24)34-9-14-13(6-2)16(36-23)19(35-14)30-10-27-15-17(25)28-11(4)29-18(15)30/h2,5,7,10,13-14,16,19H,8-9H2,1,3-4H3,(H,31,32)(H2,25,28,29)/b12-5-,26-7-/t13?,14?,16-,19?,22?/m1/s1. The molecule has 4 unspecified atom stereocenters. The molecule has 1 aliphatic heterocycles. The van der Waals surface area contributed by atoms with E-state index in [1.807, 2.05) is 0 Å². The molecule has 1 saturated heterocycles. The number of aliphatic imine (C=N–C) groups is 1. The number of carbonyl (C=O) groups excluding carboxylic acids is 1. The summed E-state index contributed by atoms with van der Waals surface area (Å²) in [6.45, 7) is 4.65. The van der Waals surface area contributed by atoms with Crippen LogP contribution in [0.5, 0.6) is 0 Å². The minimum atomic E-state index is -2.39. The van der Waals surface area contributed by atoms with Crippen LogP contribution in [0.4, 0.5) is 5.82 Å². The Hall–Kier alpha value is -2.40. The van der Waals surface area contributed by atoms with Crippen molar-refractivity contribution in [1.82, 2.24) is 19.5 Å². The Labute approximate surface area is 240 Å². The third-order valence-corrected chi connectivity index (χ3v) is 6.76. The van der Waals surface area contributed by atoms with Gasteiger partial charge >= 0.3 is 11.9 Å². The number of carbonyl (C=O) groups is 2. The van der Waals surface area contributed by atoms with Crippen LogP contribution < -0.4 is 5.73 Å². The molecular weight excluding hydrogens is 714 g/mol. The zero-order valence-corrected chi connectivity index (χ0v) is 24.3. The smallest absolute Gasteiger partial charge is 0.360 e. The maximum Gasteiger partial charge on any atom is 0.360 e. The van der Waals surface area contributed by atoms with Gasteiger partial charge in [-0.1, -0.05) is 12.0 Å². The highest BCUT2D eigenvalue weighted by molar-refractivity contribution is 14.1. The third kappa shape index (κ3) is 5.72. The van der Waals surface area contributed by atoms with E-state index in [2.05, 4.69) is 25.9 Å². The van der Waals surface area contributed by atoms with E-state index in [1.54, 1.807) is 54.4 Å². The number of rotatable bonds is 10. The lowest BCUT2D eigenvalue weighted by atomic mass is 9.96. The second-order valence-electron chi connectivity index (χ2n) is 7.94. The van der Waals surface area contributed by atoms with Gasteiger partial charge in [0.1, 0.15) is 46.6 Å². The highest BCUT2D eigenvalue weighted by Gasteiger charge is 2.53. The number of nitrogens with zero attached hydrogens (tertiary/aromatic N) is 5. The number of aromatic nitrogens is 4. The largest absolute Gasteiger partial charge is 0.479 e. The number of allylic oxidation sites excluding steroid dienone is 1. The molecule has 2 aromatic rings. The summed E-state index contributed by atoms with van der Waals surface area (Å²) in [5.41, 5.74) is 4.70. The monoisotopic (exact) mass is 738 g/mol. The summed E-state index contributed by atoms with van der Waals surface area (Å²) < 4.78 is 24.0. The van der Waals surface area contributed by atoms with E-state index < -0.39 is 41.9 Å². The van der Waals surface area contributed by atoms with Crippen LogP contribution in [0, 0.1) is 25.2 Å². The molecule has 3 heterocycles. The van der Waals surface area contributed by atoms with Gasteiger partial charge in [-0.15, -0.1) is 6.42 Å². The van der Waals surface area contributed by atoms with Gasteiger partial charge in [-0.3, -0.25) is 9.56 Å². The summed E-state index contributed by atoms with van der Waals surface area (Å²) in [7, 11) is 0. The van der Waals surface area contributed by atoms with Crippen LogP contribution in [-0.4, -0.2) is 67.2 Å². The molecule has 37 heavy (non-hydrogen) atoms. The van der Waals surface area contributed by atoms with Gasteiger partial charge in [-0.05, 0) is 20.8 Å². The third-order valence-electron chi connectivity index (χ3n) is 5.78. The average Bonchev–Trinajstić information content (AvgIpc) is 3.45. The number of hydrogen-bond donors (Lipinski definition) is 2. The van der Waals surface area contributed by atoms with Crippen molar-refractivity contribution in [2.24, 2.45) is 10.9 Å². The number of carboxylic acid groups (broad SMARTS) is 1. The summed E-state index contributed by atoms with van der Waals surface area (Å²) in [5.74, 6) is -0.0645. The van der Waals surface area contributed by atoms with Crippen molar-refractivity contribution in [3.8, 4) is 12.3 Å². The normalized spacial score (nSPS) is 23.7. The molecule has 15 heteroatoms. The Morgan fingerprint density at radius 3 is 2.70 bits per heavy atom. The molecule has 13 nitrogen and oxygen atoms in total. The molecule has 0 aromatic carbocycles. The molecule has 5 atom stereocenters. The number of aryl methyl sites for hydroxylation is 1. The Kier molecular flexibility index (Phi) is 9.80.